The van der Waals surface area contributed by atoms with Crippen molar-refractivity contribution in [2.45, 2.75) is 105 Å². The Hall–Kier alpha value is -5.38. The first kappa shape index (κ1) is 40.3. The third-order valence-electron chi connectivity index (χ3n) is 10.5. The van der Waals surface area contributed by atoms with Gasteiger partial charge in [0.05, 0.1) is 11.7 Å². The van der Waals surface area contributed by atoms with Crippen molar-refractivity contribution in [2.75, 3.05) is 0 Å². The zero-order chi connectivity index (χ0) is 41.0. The molecule has 5 nitrogen and oxygen atoms in total. The van der Waals surface area contributed by atoms with Gasteiger partial charge in [-0.1, -0.05) is 156 Å². The molecular weight excluding hydrogens is 707 g/mol. The van der Waals surface area contributed by atoms with Crippen LogP contribution in [-0.2, 0) is 26.5 Å². The summed E-state index contributed by atoms with van der Waals surface area (Å²) in [4.78, 5) is 11.4. The quantitative estimate of drug-likeness (QED) is 0.135. The SMILES string of the molecule is CC(C)(C)c1cc(-c2cc(-c3cc(C(C)(C)C)cc(C(C)(C)C)c3)cc(-c3ccc(-c4ccc(/C=C(\C#N)C(=O)O)cc4)c4nsnc34)c2)cc(C(C)(C)C)c1. The van der Waals surface area contributed by atoms with Gasteiger partial charge < -0.3 is 5.11 Å². The number of benzene rings is 5. The number of carboxylic acid groups (broad SMARTS) is 1. The Kier molecular flexibility index (Phi) is 10.5. The van der Waals surface area contributed by atoms with Gasteiger partial charge in [0.1, 0.15) is 22.7 Å². The zero-order valence-electron chi connectivity index (χ0n) is 34.8. The minimum Gasteiger partial charge on any atom is -0.477 e. The standard InChI is InChI=1S/C50H53N3O2S/c1-47(2,3)38-23-34(24-39(27-38)48(4,5)6)32-20-33(35-25-40(49(7,8)9)28-41(26-35)50(10,11)12)22-36(21-32)43-18-17-42(44-45(43)53-56-52-44)31-15-13-30(14-16-31)19-37(29-51)46(54)55/h13-28H,1-12H3,(H,54,55)/b37-19+. The Morgan fingerprint density at radius 1 is 0.536 bits per heavy atom. The van der Waals surface area contributed by atoms with Gasteiger partial charge in [-0.2, -0.15) is 14.0 Å². The molecule has 0 amide bonds. The van der Waals surface area contributed by atoms with Gasteiger partial charge in [-0.25, -0.2) is 4.79 Å². The second-order valence-electron chi connectivity index (χ2n) is 19.1. The number of carboxylic acids is 1. The molecule has 56 heavy (non-hydrogen) atoms. The van der Waals surface area contributed by atoms with E-state index in [2.05, 4.69) is 150 Å². The zero-order valence-corrected chi connectivity index (χ0v) is 35.7. The molecular formula is C50H53N3O2S. The monoisotopic (exact) mass is 759 g/mol. The molecule has 0 saturated heterocycles. The highest BCUT2D eigenvalue weighted by atomic mass is 32.1. The van der Waals surface area contributed by atoms with Crippen molar-refractivity contribution in [1.29, 1.82) is 5.26 Å². The summed E-state index contributed by atoms with van der Waals surface area (Å²) in [6.07, 6.45) is 1.38. The van der Waals surface area contributed by atoms with E-state index in [1.165, 1.54) is 51.2 Å². The molecule has 1 heterocycles. The number of nitriles is 1. The first-order valence-electron chi connectivity index (χ1n) is 19.2. The van der Waals surface area contributed by atoms with E-state index in [0.717, 1.165) is 44.4 Å². The smallest absolute Gasteiger partial charge is 0.346 e. The van der Waals surface area contributed by atoms with Crippen LogP contribution in [0.2, 0.25) is 0 Å². The number of rotatable bonds is 6. The topological polar surface area (TPSA) is 86.9 Å². The summed E-state index contributed by atoms with van der Waals surface area (Å²) in [5, 5.41) is 18.5. The molecule has 6 aromatic rings. The summed E-state index contributed by atoms with van der Waals surface area (Å²) in [6.45, 7) is 27.4. The molecule has 0 radical (unpaired) electrons. The molecule has 0 fully saturated rings. The van der Waals surface area contributed by atoms with Gasteiger partial charge in [0.2, 0.25) is 0 Å². The molecule has 1 N–H and O–H groups in total. The minimum atomic E-state index is -1.25. The maximum atomic E-state index is 11.4. The minimum absolute atomic E-state index is 0.0316. The molecule has 1 aromatic heterocycles. The highest BCUT2D eigenvalue weighted by molar-refractivity contribution is 7.00. The lowest BCUT2D eigenvalue weighted by molar-refractivity contribution is -0.132. The first-order chi connectivity index (χ1) is 26.0. The summed E-state index contributed by atoms with van der Waals surface area (Å²) in [7, 11) is 0. The van der Waals surface area contributed by atoms with E-state index in [-0.39, 0.29) is 27.2 Å². The van der Waals surface area contributed by atoms with Crippen molar-refractivity contribution in [2.24, 2.45) is 0 Å². The fraction of sp³-hybridized carbons (Fsp3) is 0.320. The van der Waals surface area contributed by atoms with Gasteiger partial charge in [-0.15, -0.1) is 0 Å². The summed E-state index contributed by atoms with van der Waals surface area (Å²) in [5.74, 6) is -1.25. The fourth-order valence-electron chi connectivity index (χ4n) is 6.84. The molecule has 0 atom stereocenters. The molecule has 0 aliphatic heterocycles. The number of nitrogens with zero attached hydrogens (tertiary/aromatic N) is 3. The normalized spacial score (nSPS) is 12.9. The molecule has 0 spiro atoms. The number of aromatic nitrogens is 2. The van der Waals surface area contributed by atoms with Gasteiger partial charge >= 0.3 is 5.97 Å². The summed E-state index contributed by atoms with van der Waals surface area (Å²) in [5.41, 5.74) is 15.7. The van der Waals surface area contributed by atoms with Crippen LogP contribution in [-0.4, -0.2) is 19.8 Å². The lowest BCUT2D eigenvalue weighted by Gasteiger charge is -2.27. The molecule has 5 aromatic carbocycles. The first-order valence-corrected chi connectivity index (χ1v) is 19.9. The Morgan fingerprint density at radius 2 is 0.893 bits per heavy atom. The number of carbonyl (C=O) groups is 1. The van der Waals surface area contributed by atoms with Crippen molar-refractivity contribution in [3.8, 4) is 50.6 Å². The Bertz CT molecular complexity index is 2380. The number of aliphatic carboxylic acids is 1. The fourth-order valence-corrected chi connectivity index (χ4v) is 7.41. The van der Waals surface area contributed by atoms with E-state index in [9.17, 15) is 15.2 Å². The van der Waals surface area contributed by atoms with Gasteiger partial charge in [0.15, 0.2) is 0 Å². The molecule has 286 valence electrons. The molecule has 0 bridgehead atoms. The van der Waals surface area contributed by atoms with Gasteiger partial charge in [0, 0.05) is 11.1 Å². The lowest BCUT2D eigenvalue weighted by atomic mass is 9.78. The van der Waals surface area contributed by atoms with Crippen LogP contribution < -0.4 is 0 Å². The summed E-state index contributed by atoms with van der Waals surface area (Å²) < 4.78 is 9.68. The van der Waals surface area contributed by atoms with Crippen molar-refractivity contribution in [3.63, 3.8) is 0 Å². The van der Waals surface area contributed by atoms with E-state index in [0.29, 0.717) is 5.56 Å². The van der Waals surface area contributed by atoms with Crippen LogP contribution >= 0.6 is 11.7 Å². The van der Waals surface area contributed by atoms with E-state index in [1.54, 1.807) is 6.07 Å². The van der Waals surface area contributed by atoms with Crippen LogP contribution in [0.5, 0.6) is 0 Å². The molecule has 6 rings (SSSR count). The van der Waals surface area contributed by atoms with Crippen LogP contribution in [0, 0.1) is 11.3 Å². The largest absolute Gasteiger partial charge is 0.477 e. The maximum Gasteiger partial charge on any atom is 0.346 e. The molecule has 0 aliphatic carbocycles. The van der Waals surface area contributed by atoms with Crippen LogP contribution in [0.3, 0.4) is 0 Å². The summed E-state index contributed by atoms with van der Waals surface area (Å²) >= 11 is 1.20. The van der Waals surface area contributed by atoms with Gasteiger partial charge in [-0.05, 0) is 107 Å². The maximum absolute atomic E-state index is 11.4. The number of fused-ring (bicyclic) bond motifs is 1. The third-order valence-corrected chi connectivity index (χ3v) is 11.1. The second-order valence-corrected chi connectivity index (χ2v) is 19.6. The average Bonchev–Trinajstić information content (AvgIpc) is 3.62. The highest BCUT2D eigenvalue weighted by Crippen LogP contribution is 2.42. The number of hydrogen-bond donors (Lipinski definition) is 1. The Labute approximate surface area is 337 Å². The van der Waals surface area contributed by atoms with Crippen molar-refractivity contribution >= 4 is 34.8 Å². The van der Waals surface area contributed by atoms with Crippen LogP contribution in [0.4, 0.5) is 0 Å². The second kappa shape index (κ2) is 14.6. The molecule has 0 saturated carbocycles. The molecule has 0 aliphatic rings. The highest BCUT2D eigenvalue weighted by Gasteiger charge is 2.24. The van der Waals surface area contributed by atoms with E-state index >= 15 is 0 Å². The van der Waals surface area contributed by atoms with Crippen molar-refractivity contribution in [1.82, 2.24) is 8.75 Å². The van der Waals surface area contributed by atoms with E-state index in [4.69, 9.17) is 8.75 Å². The third kappa shape index (κ3) is 8.54. The van der Waals surface area contributed by atoms with Gasteiger partial charge in [-0.3, -0.25) is 0 Å². The number of hydrogen-bond acceptors (Lipinski definition) is 5. The molecule has 6 heteroatoms. The Balaban J connectivity index is 1.60. The summed E-state index contributed by atoms with van der Waals surface area (Å²) in [6, 6.07) is 34.7. The molecule has 0 unspecified atom stereocenters. The van der Waals surface area contributed by atoms with Crippen LogP contribution in [0.1, 0.15) is 111 Å². The van der Waals surface area contributed by atoms with Crippen LogP contribution in [0.15, 0.2) is 96.6 Å². The van der Waals surface area contributed by atoms with E-state index < -0.39 is 5.97 Å². The van der Waals surface area contributed by atoms with Crippen molar-refractivity contribution in [3.05, 3.63) is 124 Å². The predicted molar refractivity (Wildman–Crippen MR) is 235 cm³/mol. The predicted octanol–water partition coefficient (Wildman–Crippen LogP) is 13.5. The Morgan fingerprint density at radius 3 is 1.25 bits per heavy atom. The van der Waals surface area contributed by atoms with Crippen LogP contribution in [0.25, 0.3) is 61.6 Å². The van der Waals surface area contributed by atoms with Crippen molar-refractivity contribution < 1.29 is 9.90 Å². The lowest BCUT2D eigenvalue weighted by Crippen LogP contribution is -2.16. The van der Waals surface area contributed by atoms with Gasteiger partial charge in [0.25, 0.3) is 0 Å². The van der Waals surface area contributed by atoms with E-state index in [1.807, 2.05) is 24.3 Å². The average molecular weight is 760 g/mol.